The average molecular weight is 531 g/mol. The van der Waals surface area contributed by atoms with Crippen LogP contribution in [0.4, 0.5) is 4.79 Å². The number of nitrogens with one attached hydrogen (secondary N) is 1. The first-order valence-electron chi connectivity index (χ1n) is 14.0. The summed E-state index contributed by atoms with van der Waals surface area (Å²) in [6.07, 6.45) is 1.95. The van der Waals surface area contributed by atoms with E-state index in [1.54, 1.807) is 9.80 Å². The first-order valence-corrected chi connectivity index (χ1v) is 14.0. The Hall–Kier alpha value is -3.81. The number of nitrogens with zero attached hydrogens (tertiary/aromatic N) is 3. The molecular formula is C31H38N4O4. The minimum Gasteiger partial charge on any atom is -0.457 e. The van der Waals surface area contributed by atoms with Crippen molar-refractivity contribution in [3.63, 3.8) is 0 Å². The Morgan fingerprint density at radius 2 is 1.72 bits per heavy atom. The topological polar surface area (TPSA) is 82.2 Å². The van der Waals surface area contributed by atoms with Crippen molar-refractivity contribution in [1.82, 2.24) is 20.0 Å². The van der Waals surface area contributed by atoms with Crippen molar-refractivity contribution in [2.45, 2.75) is 52.6 Å². The highest BCUT2D eigenvalue weighted by atomic mass is 16.5. The summed E-state index contributed by atoms with van der Waals surface area (Å²) in [6.45, 7) is 10.2. The molecule has 0 saturated carbocycles. The number of ether oxygens (including phenoxy) is 1. The second-order valence-corrected chi connectivity index (χ2v) is 11.1. The molecule has 1 saturated heterocycles. The fourth-order valence-electron chi connectivity index (χ4n) is 5.90. The molecule has 206 valence electrons. The molecule has 3 heterocycles. The number of hydrogen-bond donors (Lipinski definition) is 1. The number of likely N-dealkylation sites (N-methyl/N-ethyl adjacent to an activating group) is 1. The normalized spacial score (nSPS) is 20.8. The Balaban J connectivity index is 1.46. The number of rotatable bonds is 7. The number of likely N-dealkylation sites (tertiary alicyclic amines) is 1. The molecule has 0 radical (unpaired) electrons. The summed E-state index contributed by atoms with van der Waals surface area (Å²) in [4.78, 5) is 46.3. The highest BCUT2D eigenvalue weighted by Crippen LogP contribution is 2.39. The van der Waals surface area contributed by atoms with Gasteiger partial charge < -0.3 is 19.9 Å². The molecule has 2 aromatic carbocycles. The third-order valence-corrected chi connectivity index (χ3v) is 8.05. The molecule has 4 amide bonds. The van der Waals surface area contributed by atoms with E-state index in [1.165, 1.54) is 0 Å². The molecule has 3 aliphatic heterocycles. The summed E-state index contributed by atoms with van der Waals surface area (Å²) >= 11 is 0. The highest BCUT2D eigenvalue weighted by Gasteiger charge is 2.48. The quantitative estimate of drug-likeness (QED) is 0.550. The van der Waals surface area contributed by atoms with Crippen LogP contribution in [0.25, 0.3) is 0 Å². The lowest BCUT2D eigenvalue weighted by Gasteiger charge is -2.38. The van der Waals surface area contributed by atoms with Crippen LogP contribution in [0.2, 0.25) is 0 Å². The van der Waals surface area contributed by atoms with E-state index in [9.17, 15) is 14.4 Å². The van der Waals surface area contributed by atoms with Crippen molar-refractivity contribution in [1.29, 1.82) is 0 Å². The van der Waals surface area contributed by atoms with E-state index in [0.29, 0.717) is 35.2 Å². The Morgan fingerprint density at radius 1 is 1.03 bits per heavy atom. The van der Waals surface area contributed by atoms with Crippen LogP contribution < -0.4 is 10.1 Å². The van der Waals surface area contributed by atoms with E-state index in [0.717, 1.165) is 31.5 Å². The van der Waals surface area contributed by atoms with Crippen molar-refractivity contribution in [2.75, 3.05) is 26.2 Å². The standard InChI is InChI=1S/C31H38N4O4/c1-5-34-25-19-35(28(20(2)3)30(37)33-16-14-21(4)15-17-33)29(36)26(25)27(32-31(34)38)22-10-9-13-24(18-22)39-23-11-7-6-8-12-23/h6-13,18,20-21,27-28H,5,14-17,19H2,1-4H3,(H,32,38)/t27-,28+/m0/s1. The first-order chi connectivity index (χ1) is 18.8. The van der Waals surface area contributed by atoms with Gasteiger partial charge in [0.05, 0.1) is 23.9 Å². The molecule has 0 aliphatic carbocycles. The fraction of sp³-hybridized carbons (Fsp3) is 0.452. The number of piperidine rings is 1. The number of amides is 4. The number of carbonyl (C=O) groups excluding carboxylic acids is 3. The summed E-state index contributed by atoms with van der Waals surface area (Å²) in [5.74, 6) is 1.66. The smallest absolute Gasteiger partial charge is 0.322 e. The predicted molar refractivity (Wildman–Crippen MR) is 149 cm³/mol. The van der Waals surface area contributed by atoms with E-state index < -0.39 is 12.1 Å². The molecule has 5 rings (SSSR count). The highest BCUT2D eigenvalue weighted by molar-refractivity contribution is 6.03. The number of benzene rings is 2. The van der Waals surface area contributed by atoms with Gasteiger partial charge in [0, 0.05) is 19.6 Å². The minimum atomic E-state index is -0.633. The molecule has 2 atom stereocenters. The van der Waals surface area contributed by atoms with Crippen LogP contribution in [-0.4, -0.2) is 64.8 Å². The fourth-order valence-corrected chi connectivity index (χ4v) is 5.90. The SMILES string of the molecule is CCN1C(=O)N[C@@H](c2cccc(Oc3ccccc3)c2)C2=C1CN([C@@H](C(=O)N1CCC(C)CC1)C(C)C)C2=O. The third-order valence-electron chi connectivity index (χ3n) is 8.05. The van der Waals surface area contributed by atoms with Crippen molar-refractivity contribution < 1.29 is 19.1 Å². The number of hydrogen-bond acceptors (Lipinski definition) is 4. The lowest BCUT2D eigenvalue weighted by Crippen LogP contribution is -2.54. The molecule has 3 aliphatic rings. The van der Waals surface area contributed by atoms with Crippen LogP contribution in [-0.2, 0) is 9.59 Å². The maximum absolute atomic E-state index is 14.1. The Morgan fingerprint density at radius 3 is 2.38 bits per heavy atom. The maximum Gasteiger partial charge on any atom is 0.322 e. The largest absolute Gasteiger partial charge is 0.457 e. The zero-order valence-electron chi connectivity index (χ0n) is 23.2. The van der Waals surface area contributed by atoms with Crippen molar-refractivity contribution in [3.05, 3.63) is 71.4 Å². The van der Waals surface area contributed by atoms with E-state index >= 15 is 0 Å². The Kier molecular flexibility index (Phi) is 7.64. The second kappa shape index (κ2) is 11.1. The second-order valence-electron chi connectivity index (χ2n) is 11.1. The molecule has 1 N–H and O–H groups in total. The van der Waals surface area contributed by atoms with Gasteiger partial charge in [-0.3, -0.25) is 14.5 Å². The van der Waals surface area contributed by atoms with Crippen molar-refractivity contribution >= 4 is 17.8 Å². The van der Waals surface area contributed by atoms with Gasteiger partial charge in [0.15, 0.2) is 0 Å². The van der Waals surface area contributed by atoms with E-state index in [2.05, 4.69) is 12.2 Å². The molecule has 0 spiro atoms. The minimum absolute atomic E-state index is 0.00207. The van der Waals surface area contributed by atoms with Crippen LogP contribution in [0.15, 0.2) is 65.9 Å². The van der Waals surface area contributed by atoms with E-state index in [4.69, 9.17) is 4.74 Å². The first kappa shape index (κ1) is 26.8. The molecule has 0 bridgehead atoms. The molecule has 2 aromatic rings. The van der Waals surface area contributed by atoms with Crippen LogP contribution in [0.5, 0.6) is 11.5 Å². The van der Waals surface area contributed by atoms with Gasteiger partial charge in [-0.2, -0.15) is 0 Å². The summed E-state index contributed by atoms with van der Waals surface area (Å²) in [6, 6.07) is 15.5. The van der Waals surface area contributed by atoms with Crippen LogP contribution in [0.3, 0.4) is 0 Å². The van der Waals surface area contributed by atoms with Crippen LogP contribution in [0, 0.1) is 11.8 Å². The monoisotopic (exact) mass is 530 g/mol. The molecule has 0 aromatic heterocycles. The molecule has 0 unspecified atom stereocenters. The molecule has 1 fully saturated rings. The number of urea groups is 1. The maximum atomic E-state index is 14.1. The number of carbonyl (C=O) groups is 3. The average Bonchev–Trinajstić information content (AvgIpc) is 3.25. The molecular weight excluding hydrogens is 492 g/mol. The number of para-hydroxylation sites is 1. The Labute approximate surface area is 230 Å². The lowest BCUT2D eigenvalue weighted by atomic mass is 9.94. The van der Waals surface area contributed by atoms with Gasteiger partial charge in [-0.1, -0.05) is 51.1 Å². The van der Waals surface area contributed by atoms with E-state index in [1.807, 2.05) is 80.3 Å². The van der Waals surface area contributed by atoms with Gasteiger partial charge >= 0.3 is 6.03 Å². The van der Waals surface area contributed by atoms with Gasteiger partial charge in [0.25, 0.3) is 5.91 Å². The van der Waals surface area contributed by atoms with Crippen LogP contribution in [0.1, 0.15) is 52.1 Å². The zero-order chi connectivity index (χ0) is 27.7. The van der Waals surface area contributed by atoms with Gasteiger partial charge in [0.2, 0.25) is 5.91 Å². The van der Waals surface area contributed by atoms with E-state index in [-0.39, 0.29) is 30.3 Å². The molecule has 8 nitrogen and oxygen atoms in total. The zero-order valence-corrected chi connectivity index (χ0v) is 23.2. The van der Waals surface area contributed by atoms with Gasteiger partial charge in [0.1, 0.15) is 17.5 Å². The summed E-state index contributed by atoms with van der Waals surface area (Å²) in [5.41, 5.74) is 1.96. The van der Waals surface area contributed by atoms with Crippen molar-refractivity contribution in [2.24, 2.45) is 11.8 Å². The molecule has 8 heteroatoms. The van der Waals surface area contributed by atoms with Crippen molar-refractivity contribution in [3.8, 4) is 11.5 Å². The predicted octanol–water partition coefficient (Wildman–Crippen LogP) is 4.94. The third kappa shape index (κ3) is 5.24. The van der Waals surface area contributed by atoms with Gasteiger partial charge in [-0.15, -0.1) is 0 Å². The van der Waals surface area contributed by atoms with Gasteiger partial charge in [-0.25, -0.2) is 4.79 Å². The molecule has 39 heavy (non-hydrogen) atoms. The van der Waals surface area contributed by atoms with Crippen LogP contribution >= 0.6 is 0 Å². The summed E-state index contributed by atoms with van der Waals surface area (Å²) < 4.78 is 6.03. The lowest BCUT2D eigenvalue weighted by molar-refractivity contribution is -0.145. The summed E-state index contributed by atoms with van der Waals surface area (Å²) in [7, 11) is 0. The Bertz CT molecular complexity index is 1270. The summed E-state index contributed by atoms with van der Waals surface area (Å²) in [5, 5.41) is 3.04. The van der Waals surface area contributed by atoms with Gasteiger partial charge in [-0.05, 0) is 61.4 Å².